The molecular weight excluding hydrogens is 618 g/mol. The Morgan fingerprint density at radius 1 is 1.02 bits per heavy atom. The quantitative estimate of drug-likeness (QED) is 0.315. The SMILES string of the molecule is CCOC([C@@H]1C[C@@H](C)[C@H]2[C@@H](O1)[C@H](O)[C@@]1(C)C3CC[C@H]4C(C)(C)C(OC(=O)NCCN5CCN(C)CC5)CCC45CC35CCC21C)C(C)(C)O. The molecular formula is C40H69N3O6. The highest BCUT2D eigenvalue weighted by atomic mass is 16.6. The number of nitrogens with one attached hydrogen (secondary N) is 1. The zero-order chi connectivity index (χ0) is 35.4. The van der Waals surface area contributed by atoms with Crippen molar-refractivity contribution >= 4 is 6.09 Å². The number of likely N-dealkylation sites (N-methyl/N-ethyl adjacent to an activating group) is 1. The summed E-state index contributed by atoms with van der Waals surface area (Å²) in [7, 11) is 2.16. The second-order valence-corrected chi connectivity index (χ2v) is 19.5. The van der Waals surface area contributed by atoms with Gasteiger partial charge in [0.15, 0.2) is 0 Å². The maximum Gasteiger partial charge on any atom is 0.407 e. The van der Waals surface area contributed by atoms with Gasteiger partial charge in [-0.1, -0.05) is 34.6 Å². The molecule has 7 rings (SSSR count). The third-order valence-corrected chi connectivity index (χ3v) is 16.7. The Hall–Kier alpha value is -0.970. The minimum absolute atomic E-state index is 0.0120. The summed E-state index contributed by atoms with van der Waals surface area (Å²) in [4.78, 5) is 17.9. The first-order valence-electron chi connectivity index (χ1n) is 20.0. The van der Waals surface area contributed by atoms with E-state index < -0.39 is 17.8 Å². The molecule has 9 heteroatoms. The van der Waals surface area contributed by atoms with Crippen molar-refractivity contribution in [3.05, 3.63) is 0 Å². The van der Waals surface area contributed by atoms with Crippen molar-refractivity contribution in [1.82, 2.24) is 15.1 Å². The number of aliphatic hydroxyl groups excluding tert-OH is 1. The Labute approximate surface area is 296 Å². The maximum absolute atomic E-state index is 13.1. The van der Waals surface area contributed by atoms with E-state index in [1.54, 1.807) is 0 Å². The number of hydrogen-bond acceptors (Lipinski definition) is 8. The van der Waals surface area contributed by atoms with E-state index in [4.69, 9.17) is 14.2 Å². The van der Waals surface area contributed by atoms with Gasteiger partial charge in [-0.15, -0.1) is 0 Å². The zero-order valence-corrected chi connectivity index (χ0v) is 32.2. The van der Waals surface area contributed by atoms with E-state index in [0.717, 1.165) is 71.2 Å². The monoisotopic (exact) mass is 688 g/mol. The number of fused-ring (bicyclic) bond motifs is 4. The number of amides is 1. The molecule has 2 heterocycles. The van der Waals surface area contributed by atoms with Crippen LogP contribution in [0.5, 0.6) is 0 Å². The number of rotatable bonds is 8. The molecule has 0 radical (unpaired) electrons. The van der Waals surface area contributed by atoms with Crippen molar-refractivity contribution in [2.45, 2.75) is 143 Å². The molecule has 49 heavy (non-hydrogen) atoms. The van der Waals surface area contributed by atoms with E-state index in [2.05, 4.69) is 56.8 Å². The molecule has 2 saturated heterocycles. The van der Waals surface area contributed by atoms with Gasteiger partial charge in [-0.25, -0.2) is 4.79 Å². The van der Waals surface area contributed by atoms with Crippen LogP contribution < -0.4 is 5.32 Å². The molecule has 0 aromatic carbocycles. The van der Waals surface area contributed by atoms with Gasteiger partial charge >= 0.3 is 6.09 Å². The molecule has 13 atom stereocenters. The number of ether oxygens (including phenoxy) is 3. The van der Waals surface area contributed by atoms with Crippen LogP contribution in [0.4, 0.5) is 4.79 Å². The first-order chi connectivity index (χ1) is 23.0. The average molecular weight is 688 g/mol. The van der Waals surface area contributed by atoms with Gasteiger partial charge in [0.05, 0.1) is 23.9 Å². The normalized spacial score (nSPS) is 48.3. The van der Waals surface area contributed by atoms with Crippen molar-refractivity contribution in [2.24, 2.45) is 50.7 Å². The van der Waals surface area contributed by atoms with Crippen molar-refractivity contribution in [1.29, 1.82) is 0 Å². The van der Waals surface area contributed by atoms with Crippen LogP contribution in [0.15, 0.2) is 0 Å². The van der Waals surface area contributed by atoms with Gasteiger partial charge in [-0.05, 0) is 119 Å². The van der Waals surface area contributed by atoms with E-state index in [1.807, 2.05) is 20.8 Å². The number of hydrogen-bond donors (Lipinski definition) is 3. The van der Waals surface area contributed by atoms with E-state index in [1.165, 1.54) is 12.8 Å². The summed E-state index contributed by atoms with van der Waals surface area (Å²) in [6, 6.07) is 0. The summed E-state index contributed by atoms with van der Waals surface area (Å²) in [5.74, 6) is 1.62. The fourth-order valence-electron chi connectivity index (χ4n) is 14.2. The summed E-state index contributed by atoms with van der Waals surface area (Å²) in [5.41, 5.74) is -0.861. The van der Waals surface area contributed by atoms with Crippen molar-refractivity contribution < 1.29 is 29.2 Å². The van der Waals surface area contributed by atoms with Crippen LogP contribution in [-0.4, -0.2) is 115 Å². The number of carbonyl (C=O) groups excluding carboxylic acids is 1. The van der Waals surface area contributed by atoms with Crippen LogP contribution in [0.3, 0.4) is 0 Å². The van der Waals surface area contributed by atoms with Crippen LogP contribution in [0.1, 0.15) is 107 Å². The Balaban J connectivity index is 1.05. The van der Waals surface area contributed by atoms with Crippen LogP contribution in [-0.2, 0) is 14.2 Å². The highest BCUT2D eigenvalue weighted by Crippen LogP contribution is 2.89. The first kappa shape index (κ1) is 36.4. The lowest BCUT2D eigenvalue weighted by atomic mass is 9.41. The molecule has 2 spiro atoms. The first-order valence-corrected chi connectivity index (χ1v) is 20.0. The second-order valence-electron chi connectivity index (χ2n) is 19.5. The van der Waals surface area contributed by atoms with E-state index in [0.29, 0.717) is 30.9 Å². The van der Waals surface area contributed by atoms with E-state index in [-0.39, 0.29) is 57.4 Å². The molecule has 7 fully saturated rings. The molecule has 0 bridgehead atoms. The molecule has 6 unspecified atom stereocenters. The molecule has 0 aromatic rings. The van der Waals surface area contributed by atoms with Gasteiger partial charge in [0, 0.05) is 56.7 Å². The second kappa shape index (κ2) is 12.3. The van der Waals surface area contributed by atoms with E-state index >= 15 is 0 Å². The predicted molar refractivity (Wildman–Crippen MR) is 190 cm³/mol. The van der Waals surface area contributed by atoms with Crippen LogP contribution in [0.25, 0.3) is 0 Å². The number of aliphatic hydroxyl groups is 2. The third-order valence-electron chi connectivity index (χ3n) is 16.7. The zero-order valence-electron chi connectivity index (χ0n) is 32.2. The highest BCUT2D eigenvalue weighted by molar-refractivity contribution is 5.67. The summed E-state index contributed by atoms with van der Waals surface area (Å²) in [6.45, 7) is 23.9. The lowest BCUT2D eigenvalue weighted by molar-refractivity contribution is -0.215. The lowest BCUT2D eigenvalue weighted by Crippen LogP contribution is -2.60. The molecule has 9 nitrogen and oxygen atoms in total. The molecule has 7 aliphatic rings. The topological polar surface area (TPSA) is 104 Å². The smallest absolute Gasteiger partial charge is 0.407 e. The minimum Gasteiger partial charge on any atom is -0.446 e. The van der Waals surface area contributed by atoms with Gasteiger partial charge < -0.3 is 34.6 Å². The van der Waals surface area contributed by atoms with Crippen LogP contribution in [0.2, 0.25) is 0 Å². The van der Waals surface area contributed by atoms with Gasteiger partial charge in [-0.3, -0.25) is 4.90 Å². The Morgan fingerprint density at radius 2 is 1.69 bits per heavy atom. The van der Waals surface area contributed by atoms with Gasteiger partial charge in [0.25, 0.3) is 0 Å². The minimum atomic E-state index is -1.03. The summed E-state index contributed by atoms with van der Waals surface area (Å²) in [6.07, 6.45) is 6.93. The fraction of sp³-hybridized carbons (Fsp3) is 0.975. The lowest BCUT2D eigenvalue weighted by Gasteiger charge is -2.63. The van der Waals surface area contributed by atoms with Crippen molar-refractivity contribution in [3.63, 3.8) is 0 Å². The molecule has 280 valence electrons. The molecule has 1 amide bonds. The standard InChI is InChI=1S/C40H69N3O6/c1-10-47-33(36(5,6)46)26-23-25(2)30-31(48-26)32(44)38(8)28-12-11-27-35(3,4)29(13-14-39(27)24-40(28,39)16-15-37(30,38)7)49-34(45)41-17-18-43-21-19-42(9)20-22-43/h25-33,44,46H,10-24H2,1-9H3,(H,41,45)/t25-,26+,27+,28?,29?,30+,31-,32+,33?,37?,38-,39?,40?/m1/s1. The number of carbonyl (C=O) groups is 1. The summed E-state index contributed by atoms with van der Waals surface area (Å²) in [5, 5.41) is 26.7. The number of piperazine rings is 1. The van der Waals surface area contributed by atoms with Crippen molar-refractivity contribution in [2.75, 3.05) is 52.9 Å². The molecule has 2 aliphatic heterocycles. The summed E-state index contributed by atoms with van der Waals surface area (Å²) >= 11 is 0. The van der Waals surface area contributed by atoms with Crippen molar-refractivity contribution in [3.8, 4) is 0 Å². The Morgan fingerprint density at radius 3 is 2.37 bits per heavy atom. The van der Waals surface area contributed by atoms with Crippen LogP contribution in [0, 0.1) is 50.7 Å². The van der Waals surface area contributed by atoms with Gasteiger partial charge in [0.2, 0.25) is 0 Å². The molecule has 0 aromatic heterocycles. The summed E-state index contributed by atoms with van der Waals surface area (Å²) < 4.78 is 19.3. The predicted octanol–water partition coefficient (Wildman–Crippen LogP) is 5.32. The third kappa shape index (κ3) is 5.31. The van der Waals surface area contributed by atoms with Gasteiger partial charge in [0.1, 0.15) is 12.2 Å². The van der Waals surface area contributed by atoms with E-state index in [9.17, 15) is 15.0 Å². The number of nitrogens with zero attached hydrogens (tertiary/aromatic N) is 2. The number of alkyl carbamates (subject to hydrolysis) is 1. The molecule has 5 saturated carbocycles. The maximum atomic E-state index is 13.1. The Bertz CT molecular complexity index is 1250. The molecule has 3 N–H and O–H groups in total. The van der Waals surface area contributed by atoms with Crippen LogP contribution >= 0.6 is 0 Å². The average Bonchev–Trinajstić information content (AvgIpc) is 3.66. The molecule has 5 aliphatic carbocycles. The van der Waals surface area contributed by atoms with Gasteiger partial charge in [-0.2, -0.15) is 0 Å². The Kier molecular flexibility index (Phi) is 9.13. The largest absolute Gasteiger partial charge is 0.446 e. The highest BCUT2D eigenvalue weighted by Gasteiger charge is 2.84. The fourth-order valence-corrected chi connectivity index (χ4v) is 14.2.